The van der Waals surface area contributed by atoms with E-state index in [-0.39, 0.29) is 11.9 Å². The second kappa shape index (κ2) is 11.3. The van der Waals surface area contributed by atoms with Crippen molar-refractivity contribution in [3.05, 3.63) is 66.6 Å². The highest BCUT2D eigenvalue weighted by Crippen LogP contribution is 2.38. The van der Waals surface area contributed by atoms with E-state index in [1.807, 2.05) is 66.6 Å². The van der Waals surface area contributed by atoms with E-state index in [1.54, 1.807) is 6.33 Å². The Bertz CT molecular complexity index is 1250. The normalized spacial score (nSPS) is 17.2. The molecular formula is C25H26F3N7O3. The van der Waals surface area contributed by atoms with Gasteiger partial charge in [-0.15, -0.1) is 0 Å². The van der Waals surface area contributed by atoms with Gasteiger partial charge in [-0.05, 0) is 24.6 Å². The first-order chi connectivity index (χ1) is 18.1. The molecule has 13 heteroatoms. The maximum Gasteiger partial charge on any atom is 0.490 e. The third kappa shape index (κ3) is 6.10. The van der Waals surface area contributed by atoms with E-state index in [1.165, 1.54) is 0 Å². The number of aromatic nitrogens is 3. The number of nitrogens with zero attached hydrogens (tertiary/aromatic N) is 6. The number of anilines is 4. The lowest BCUT2D eigenvalue weighted by Gasteiger charge is -2.40. The number of hydrogen-bond acceptors (Lipinski definition) is 8. The molecule has 38 heavy (non-hydrogen) atoms. The van der Waals surface area contributed by atoms with Gasteiger partial charge in [0.05, 0.1) is 6.54 Å². The van der Waals surface area contributed by atoms with Gasteiger partial charge in [0.25, 0.3) is 0 Å². The Balaban J connectivity index is 0.000000426. The topological polar surface area (TPSA) is 115 Å². The van der Waals surface area contributed by atoms with Gasteiger partial charge in [0.1, 0.15) is 23.9 Å². The second-order valence-corrected chi connectivity index (χ2v) is 8.64. The molecule has 0 spiro atoms. The van der Waals surface area contributed by atoms with Crippen LogP contribution < -0.4 is 20.0 Å². The molecule has 2 aliphatic heterocycles. The number of nitrogens with one attached hydrogen (secondary N) is 1. The summed E-state index contributed by atoms with van der Waals surface area (Å²) in [5.74, 6) is -0.232. The Kier molecular flexibility index (Phi) is 7.93. The van der Waals surface area contributed by atoms with Crippen molar-refractivity contribution >= 4 is 35.0 Å². The first-order valence-electron chi connectivity index (χ1n) is 11.8. The smallest absolute Gasteiger partial charge is 0.475 e. The molecule has 4 heterocycles. The standard InChI is InChI=1S/C23H25N7O.C2HF3O2/c1-17-23(31)30(15-18-7-3-2-4-8-18)20-21(27-17)25-16-26-22(20)29-13-11-28(12-14-29)19-9-5-6-10-24-19;3-2(4,5)1(6)7/h2-10,16-17H,11-15H2,1H3,(H,25,26,27);(H,6,7). The van der Waals surface area contributed by atoms with Gasteiger partial charge in [0.2, 0.25) is 5.91 Å². The number of carboxylic acids is 1. The number of fused-ring (bicyclic) bond motifs is 1. The zero-order valence-corrected chi connectivity index (χ0v) is 20.5. The molecule has 5 rings (SSSR count). The number of amides is 1. The summed E-state index contributed by atoms with van der Waals surface area (Å²) in [5.41, 5.74) is 1.84. The number of carboxylic acid groups (broad SMARTS) is 1. The van der Waals surface area contributed by atoms with E-state index >= 15 is 0 Å². The number of hydrogen-bond donors (Lipinski definition) is 2. The van der Waals surface area contributed by atoms with Gasteiger partial charge in [-0.25, -0.2) is 19.7 Å². The summed E-state index contributed by atoms with van der Waals surface area (Å²) in [5, 5.41) is 10.4. The highest BCUT2D eigenvalue weighted by atomic mass is 19.4. The number of rotatable bonds is 4. The van der Waals surface area contributed by atoms with Crippen LogP contribution in [-0.4, -0.2) is 70.3 Å². The third-order valence-electron chi connectivity index (χ3n) is 6.04. The molecule has 0 radical (unpaired) electrons. The fourth-order valence-corrected chi connectivity index (χ4v) is 4.18. The highest BCUT2D eigenvalue weighted by Gasteiger charge is 2.38. The number of halogens is 3. The van der Waals surface area contributed by atoms with Crippen LogP contribution in [-0.2, 0) is 16.1 Å². The van der Waals surface area contributed by atoms with Crippen LogP contribution in [0.1, 0.15) is 12.5 Å². The monoisotopic (exact) mass is 529 g/mol. The Morgan fingerprint density at radius 1 is 1.00 bits per heavy atom. The minimum Gasteiger partial charge on any atom is -0.475 e. The van der Waals surface area contributed by atoms with Crippen molar-refractivity contribution in [3.8, 4) is 0 Å². The molecular weight excluding hydrogens is 503 g/mol. The summed E-state index contributed by atoms with van der Waals surface area (Å²) < 4.78 is 31.7. The first kappa shape index (κ1) is 26.6. The predicted molar refractivity (Wildman–Crippen MR) is 135 cm³/mol. The molecule has 200 valence electrons. The molecule has 1 saturated heterocycles. The van der Waals surface area contributed by atoms with Gasteiger partial charge in [-0.3, -0.25) is 9.69 Å². The van der Waals surface area contributed by atoms with Crippen molar-refractivity contribution in [2.24, 2.45) is 0 Å². The number of alkyl halides is 3. The summed E-state index contributed by atoms with van der Waals surface area (Å²) in [6.07, 6.45) is -1.68. The summed E-state index contributed by atoms with van der Waals surface area (Å²) in [6, 6.07) is 15.7. The quantitative estimate of drug-likeness (QED) is 0.526. The number of carbonyl (C=O) groups excluding carboxylic acids is 1. The lowest BCUT2D eigenvalue weighted by atomic mass is 10.1. The van der Waals surface area contributed by atoms with Gasteiger partial charge in [-0.2, -0.15) is 13.2 Å². The van der Waals surface area contributed by atoms with Crippen LogP contribution in [0, 0.1) is 0 Å². The van der Waals surface area contributed by atoms with Crippen molar-refractivity contribution in [1.29, 1.82) is 0 Å². The fourth-order valence-electron chi connectivity index (χ4n) is 4.18. The van der Waals surface area contributed by atoms with Crippen LogP contribution in [0.2, 0.25) is 0 Å². The summed E-state index contributed by atoms with van der Waals surface area (Å²) in [4.78, 5) is 41.9. The van der Waals surface area contributed by atoms with Crippen molar-refractivity contribution in [1.82, 2.24) is 15.0 Å². The van der Waals surface area contributed by atoms with Gasteiger partial charge in [0, 0.05) is 32.4 Å². The molecule has 2 aromatic heterocycles. The largest absolute Gasteiger partial charge is 0.490 e. The van der Waals surface area contributed by atoms with Gasteiger partial charge < -0.3 is 20.2 Å². The van der Waals surface area contributed by atoms with Crippen LogP contribution in [0.15, 0.2) is 61.1 Å². The average molecular weight is 530 g/mol. The van der Waals surface area contributed by atoms with Gasteiger partial charge in [0.15, 0.2) is 11.6 Å². The Morgan fingerprint density at radius 2 is 1.63 bits per heavy atom. The molecule has 10 nitrogen and oxygen atoms in total. The fraction of sp³-hybridized carbons (Fsp3) is 0.320. The Hall–Kier alpha value is -4.42. The zero-order valence-electron chi connectivity index (χ0n) is 20.5. The van der Waals surface area contributed by atoms with Crippen LogP contribution in [0.3, 0.4) is 0 Å². The van der Waals surface area contributed by atoms with Crippen LogP contribution in [0.25, 0.3) is 0 Å². The minimum absolute atomic E-state index is 0.0273. The molecule has 1 fully saturated rings. The number of pyridine rings is 1. The summed E-state index contributed by atoms with van der Waals surface area (Å²) in [7, 11) is 0. The molecule has 0 aliphatic carbocycles. The van der Waals surface area contributed by atoms with Crippen LogP contribution in [0.4, 0.5) is 36.3 Å². The predicted octanol–water partition coefficient (Wildman–Crippen LogP) is 3.18. The molecule has 1 atom stereocenters. The van der Waals surface area contributed by atoms with Crippen LogP contribution in [0.5, 0.6) is 0 Å². The van der Waals surface area contributed by atoms with Crippen molar-refractivity contribution in [3.63, 3.8) is 0 Å². The van der Waals surface area contributed by atoms with E-state index in [0.717, 1.165) is 49.1 Å². The number of carbonyl (C=O) groups is 2. The lowest BCUT2D eigenvalue weighted by Crippen LogP contribution is -2.50. The Labute approximate surface area is 216 Å². The average Bonchev–Trinajstić information content (AvgIpc) is 2.92. The summed E-state index contributed by atoms with van der Waals surface area (Å²) >= 11 is 0. The van der Waals surface area contributed by atoms with Gasteiger partial charge >= 0.3 is 12.1 Å². The molecule has 2 N–H and O–H groups in total. The molecule has 0 bridgehead atoms. The molecule has 3 aromatic rings. The first-order valence-corrected chi connectivity index (χ1v) is 11.8. The molecule has 1 unspecified atom stereocenters. The maximum absolute atomic E-state index is 13.1. The number of aliphatic carboxylic acids is 1. The summed E-state index contributed by atoms with van der Waals surface area (Å²) in [6.45, 7) is 5.63. The van der Waals surface area contributed by atoms with E-state index < -0.39 is 12.1 Å². The minimum atomic E-state index is -5.08. The zero-order chi connectivity index (χ0) is 27.3. The number of piperazine rings is 1. The van der Waals surface area contributed by atoms with Crippen molar-refractivity contribution in [2.75, 3.05) is 46.2 Å². The van der Waals surface area contributed by atoms with Crippen molar-refractivity contribution in [2.45, 2.75) is 25.7 Å². The van der Waals surface area contributed by atoms with Gasteiger partial charge in [-0.1, -0.05) is 36.4 Å². The highest BCUT2D eigenvalue weighted by molar-refractivity contribution is 6.06. The SMILES string of the molecule is CC1Nc2ncnc(N3CCN(c4ccccn4)CC3)c2N(Cc2ccccc2)C1=O.O=C(O)C(F)(F)F. The molecule has 2 aliphatic rings. The maximum atomic E-state index is 13.1. The van der Waals surface area contributed by atoms with Crippen molar-refractivity contribution < 1.29 is 27.9 Å². The van der Waals surface area contributed by atoms with Crippen LogP contribution >= 0.6 is 0 Å². The van der Waals surface area contributed by atoms with E-state index in [2.05, 4.69) is 30.1 Å². The molecule has 1 amide bonds. The van der Waals surface area contributed by atoms with E-state index in [4.69, 9.17) is 9.90 Å². The Morgan fingerprint density at radius 3 is 2.24 bits per heavy atom. The molecule has 1 aromatic carbocycles. The van der Waals surface area contributed by atoms with E-state index in [0.29, 0.717) is 12.4 Å². The van der Waals surface area contributed by atoms with E-state index in [9.17, 15) is 18.0 Å². The second-order valence-electron chi connectivity index (χ2n) is 8.64. The number of benzene rings is 1. The third-order valence-corrected chi connectivity index (χ3v) is 6.04. The lowest BCUT2D eigenvalue weighted by molar-refractivity contribution is -0.192. The molecule has 0 saturated carbocycles.